The summed E-state index contributed by atoms with van der Waals surface area (Å²) in [7, 11) is 0. The fourth-order valence-electron chi connectivity index (χ4n) is 2.98. The van der Waals surface area contributed by atoms with Gasteiger partial charge < -0.3 is 5.32 Å². The summed E-state index contributed by atoms with van der Waals surface area (Å²) in [5.74, 6) is 0.951. The highest BCUT2D eigenvalue weighted by Gasteiger charge is 2.20. The van der Waals surface area contributed by atoms with Crippen LogP contribution in [0.15, 0.2) is 59.3 Å². The zero-order valence-corrected chi connectivity index (χ0v) is 16.2. The maximum atomic E-state index is 5.09. The molecular weight excluding hydrogens is 344 g/mol. The number of benzene rings is 1. The van der Waals surface area contributed by atoms with E-state index in [1.54, 1.807) is 22.7 Å². The van der Waals surface area contributed by atoms with E-state index in [1.165, 1.54) is 26.1 Å². The van der Waals surface area contributed by atoms with E-state index >= 15 is 0 Å². The van der Waals surface area contributed by atoms with Crippen LogP contribution in [0.5, 0.6) is 0 Å². The van der Waals surface area contributed by atoms with Crippen molar-refractivity contribution >= 4 is 39.3 Å². The highest BCUT2D eigenvalue weighted by Crippen LogP contribution is 2.42. The third-order valence-corrected chi connectivity index (χ3v) is 5.69. The van der Waals surface area contributed by atoms with Crippen molar-refractivity contribution in [3.8, 4) is 21.0 Å². The number of nitrogens with zero attached hydrogens (tertiary/aromatic N) is 1. The quantitative estimate of drug-likeness (QED) is 0.427. The van der Waals surface area contributed by atoms with Crippen molar-refractivity contribution in [3.05, 3.63) is 59.3 Å². The third-order valence-electron chi connectivity index (χ3n) is 3.93. The lowest BCUT2D eigenvalue weighted by Crippen LogP contribution is -2.27. The van der Waals surface area contributed by atoms with Gasteiger partial charge in [0.25, 0.3) is 0 Å². The van der Waals surface area contributed by atoms with E-state index in [9.17, 15) is 0 Å². The van der Waals surface area contributed by atoms with Crippen LogP contribution in [0.3, 0.4) is 0 Å². The van der Waals surface area contributed by atoms with Gasteiger partial charge in [0, 0.05) is 21.4 Å². The monoisotopic (exact) mass is 364 g/mol. The van der Waals surface area contributed by atoms with Gasteiger partial charge in [0.2, 0.25) is 0 Å². The molecule has 3 heterocycles. The van der Waals surface area contributed by atoms with Gasteiger partial charge in [0.15, 0.2) is 0 Å². The van der Waals surface area contributed by atoms with Crippen molar-refractivity contribution in [2.45, 2.75) is 26.3 Å². The topological polar surface area (TPSA) is 24.9 Å². The Morgan fingerprint density at radius 3 is 2.04 bits per heavy atom. The number of anilines is 1. The lowest BCUT2D eigenvalue weighted by molar-refractivity contribution is 0.632. The lowest BCUT2D eigenvalue weighted by atomic mass is 10.00. The fourth-order valence-corrected chi connectivity index (χ4v) is 4.48. The molecule has 0 fully saturated rings. The van der Waals surface area contributed by atoms with Gasteiger partial charge in [-0.2, -0.15) is 0 Å². The zero-order chi connectivity index (χ0) is 17.4. The molecule has 0 atom stereocenters. The Balaban J connectivity index is 2.08. The van der Waals surface area contributed by atoms with Crippen LogP contribution in [-0.2, 0) is 0 Å². The van der Waals surface area contributed by atoms with E-state index < -0.39 is 0 Å². The molecule has 0 aliphatic heterocycles. The lowest BCUT2D eigenvalue weighted by Gasteiger charge is -2.24. The van der Waals surface area contributed by atoms with E-state index in [1.807, 2.05) is 0 Å². The van der Waals surface area contributed by atoms with Crippen LogP contribution in [0.2, 0.25) is 0 Å². The van der Waals surface area contributed by atoms with Crippen molar-refractivity contribution in [1.82, 2.24) is 4.98 Å². The molecule has 4 heteroatoms. The average Bonchev–Trinajstić information content (AvgIpc) is 3.27. The Morgan fingerprint density at radius 1 is 0.800 bits per heavy atom. The molecule has 0 aliphatic carbocycles. The van der Waals surface area contributed by atoms with E-state index in [2.05, 4.69) is 85.4 Å². The maximum absolute atomic E-state index is 5.09. The smallest absolute Gasteiger partial charge is 0.135 e. The third kappa shape index (κ3) is 3.20. The molecule has 4 rings (SSSR count). The first-order valence-electron chi connectivity index (χ1n) is 8.31. The Kier molecular flexibility index (Phi) is 4.10. The minimum absolute atomic E-state index is 0.0487. The number of hydrogen-bond acceptors (Lipinski definition) is 4. The number of hydrogen-bond donors (Lipinski definition) is 1. The van der Waals surface area contributed by atoms with Crippen molar-refractivity contribution in [2.75, 3.05) is 5.32 Å². The summed E-state index contributed by atoms with van der Waals surface area (Å²) in [6.45, 7) is 6.50. The van der Waals surface area contributed by atoms with E-state index in [0.717, 1.165) is 11.5 Å². The van der Waals surface area contributed by atoms with Crippen LogP contribution in [0.1, 0.15) is 20.8 Å². The molecule has 1 N–H and O–H groups in total. The van der Waals surface area contributed by atoms with Gasteiger partial charge in [-0.3, -0.25) is 0 Å². The van der Waals surface area contributed by atoms with E-state index in [4.69, 9.17) is 4.98 Å². The van der Waals surface area contributed by atoms with Crippen LogP contribution in [0, 0.1) is 0 Å². The standard InChI is InChI=1S/C21H20N2S2/c1-21(2,3)23-20-15-9-5-4-8-14(15)18(16-10-6-12-24-16)19(22-20)17-11-7-13-25-17/h4-13H,1-3H3,(H,22,23). The molecule has 25 heavy (non-hydrogen) atoms. The van der Waals surface area contributed by atoms with Gasteiger partial charge in [-0.15, -0.1) is 22.7 Å². The van der Waals surface area contributed by atoms with Gasteiger partial charge in [-0.05, 0) is 49.1 Å². The van der Waals surface area contributed by atoms with Crippen LogP contribution < -0.4 is 5.32 Å². The number of pyridine rings is 1. The molecular formula is C21H20N2S2. The highest BCUT2D eigenvalue weighted by molar-refractivity contribution is 7.14. The van der Waals surface area contributed by atoms with Crippen LogP contribution in [0.4, 0.5) is 5.82 Å². The number of aromatic nitrogens is 1. The summed E-state index contributed by atoms with van der Waals surface area (Å²) in [6.07, 6.45) is 0. The van der Waals surface area contributed by atoms with Gasteiger partial charge in [-0.25, -0.2) is 4.98 Å². The summed E-state index contributed by atoms with van der Waals surface area (Å²) >= 11 is 3.50. The molecule has 0 bridgehead atoms. The summed E-state index contributed by atoms with van der Waals surface area (Å²) < 4.78 is 0. The van der Waals surface area contributed by atoms with Crippen LogP contribution in [0.25, 0.3) is 31.8 Å². The van der Waals surface area contributed by atoms with Gasteiger partial charge in [-0.1, -0.05) is 36.4 Å². The second-order valence-corrected chi connectivity index (χ2v) is 8.95. The number of thiophene rings is 2. The number of rotatable bonds is 3. The Morgan fingerprint density at radius 2 is 1.44 bits per heavy atom. The molecule has 0 saturated heterocycles. The van der Waals surface area contributed by atoms with Crippen molar-refractivity contribution in [3.63, 3.8) is 0 Å². The second kappa shape index (κ2) is 6.28. The SMILES string of the molecule is CC(C)(C)Nc1nc(-c2cccs2)c(-c2cccs2)c2ccccc12. The first-order chi connectivity index (χ1) is 12.0. The van der Waals surface area contributed by atoms with Crippen molar-refractivity contribution < 1.29 is 0 Å². The summed E-state index contributed by atoms with van der Waals surface area (Å²) in [6, 6.07) is 17.1. The molecule has 4 aromatic rings. The molecule has 0 spiro atoms. The Labute approximate surface area is 156 Å². The molecule has 126 valence electrons. The maximum Gasteiger partial charge on any atom is 0.135 e. The van der Waals surface area contributed by atoms with E-state index in [-0.39, 0.29) is 5.54 Å². The molecule has 1 aromatic carbocycles. The molecule has 2 nitrogen and oxygen atoms in total. The molecule has 3 aromatic heterocycles. The van der Waals surface area contributed by atoms with Gasteiger partial charge in [0.1, 0.15) is 5.82 Å². The highest BCUT2D eigenvalue weighted by atomic mass is 32.1. The minimum Gasteiger partial charge on any atom is -0.365 e. The Bertz CT molecular complexity index is 994. The zero-order valence-electron chi connectivity index (χ0n) is 14.5. The Hall–Kier alpha value is -2.17. The summed E-state index contributed by atoms with van der Waals surface area (Å²) in [5.41, 5.74) is 2.24. The van der Waals surface area contributed by atoms with Crippen molar-refractivity contribution in [2.24, 2.45) is 0 Å². The molecule has 0 aliphatic rings. The molecule has 0 radical (unpaired) electrons. The van der Waals surface area contributed by atoms with Gasteiger partial charge in [0.05, 0.1) is 10.6 Å². The largest absolute Gasteiger partial charge is 0.365 e. The second-order valence-electron chi connectivity index (χ2n) is 7.06. The normalized spacial score (nSPS) is 11.8. The number of fused-ring (bicyclic) bond motifs is 1. The predicted octanol–water partition coefficient (Wildman–Crippen LogP) is 6.90. The molecule has 0 amide bonds. The van der Waals surface area contributed by atoms with Crippen LogP contribution in [-0.4, -0.2) is 10.5 Å². The van der Waals surface area contributed by atoms with E-state index in [0.29, 0.717) is 0 Å². The van der Waals surface area contributed by atoms with Crippen LogP contribution >= 0.6 is 22.7 Å². The minimum atomic E-state index is -0.0487. The molecule has 0 unspecified atom stereocenters. The van der Waals surface area contributed by atoms with Gasteiger partial charge >= 0.3 is 0 Å². The fraction of sp³-hybridized carbons (Fsp3) is 0.190. The predicted molar refractivity (Wildman–Crippen MR) is 112 cm³/mol. The summed E-state index contributed by atoms with van der Waals surface area (Å²) in [5, 5.41) is 10.3. The average molecular weight is 365 g/mol. The first kappa shape index (κ1) is 16.3. The number of nitrogens with one attached hydrogen (secondary N) is 1. The molecule has 0 saturated carbocycles. The first-order valence-corrected chi connectivity index (χ1v) is 10.1. The summed E-state index contributed by atoms with van der Waals surface area (Å²) in [4.78, 5) is 7.55. The van der Waals surface area contributed by atoms with Crippen molar-refractivity contribution in [1.29, 1.82) is 0 Å².